The van der Waals surface area contributed by atoms with Gasteiger partial charge in [0.15, 0.2) is 9.84 Å². The number of rotatable bonds is 7. The quantitative estimate of drug-likeness (QED) is 0.836. The third-order valence-corrected chi connectivity index (χ3v) is 4.42. The Kier molecular flexibility index (Phi) is 6.01. The molecule has 0 fully saturated rings. The molecule has 0 amide bonds. The zero-order chi connectivity index (χ0) is 14.5. The van der Waals surface area contributed by atoms with Gasteiger partial charge in [0.05, 0.1) is 4.90 Å². The van der Waals surface area contributed by atoms with Crippen molar-refractivity contribution in [3.8, 4) is 0 Å². The van der Waals surface area contributed by atoms with Crippen molar-refractivity contribution in [1.29, 1.82) is 0 Å². The Bertz CT molecular complexity index is 495. The second kappa shape index (κ2) is 7.06. The number of nitrogens with one attached hydrogen (secondary N) is 1. The van der Waals surface area contributed by atoms with Crippen molar-refractivity contribution in [2.45, 2.75) is 44.0 Å². The van der Waals surface area contributed by atoms with Gasteiger partial charge >= 0.3 is 0 Å². The average molecular weight is 283 g/mol. The molecule has 19 heavy (non-hydrogen) atoms. The Balaban J connectivity index is 2.81. The van der Waals surface area contributed by atoms with Crippen LogP contribution in [0.15, 0.2) is 29.2 Å². The van der Waals surface area contributed by atoms with E-state index in [1.54, 1.807) is 12.1 Å². The molecule has 1 aromatic carbocycles. The minimum atomic E-state index is -3.13. The first-order valence-corrected chi connectivity index (χ1v) is 8.71. The first kappa shape index (κ1) is 16.2. The summed E-state index contributed by atoms with van der Waals surface area (Å²) in [6, 6.07) is 7.47. The summed E-state index contributed by atoms with van der Waals surface area (Å²) in [5.74, 6) is 0.708. The van der Waals surface area contributed by atoms with Crippen LogP contribution in [0, 0.1) is 5.92 Å². The molecule has 108 valence electrons. The van der Waals surface area contributed by atoms with Gasteiger partial charge in [-0.25, -0.2) is 8.42 Å². The van der Waals surface area contributed by atoms with Crippen LogP contribution < -0.4 is 5.32 Å². The monoisotopic (exact) mass is 283 g/mol. The molecular formula is C15H25NO2S. The van der Waals surface area contributed by atoms with Crippen LogP contribution in [0.5, 0.6) is 0 Å². The van der Waals surface area contributed by atoms with E-state index in [4.69, 9.17) is 0 Å². The van der Waals surface area contributed by atoms with Crippen molar-refractivity contribution in [1.82, 2.24) is 5.32 Å². The number of hydrogen-bond acceptors (Lipinski definition) is 3. The van der Waals surface area contributed by atoms with E-state index in [1.165, 1.54) is 12.7 Å². The standard InChI is InChI=1S/C15H25NO2S/c1-12(2)7-5-10-15(16-3)13-8-6-9-14(11-13)19(4,17)18/h6,8-9,11-12,15-16H,5,7,10H2,1-4H3. The van der Waals surface area contributed by atoms with Crippen LogP contribution in [-0.2, 0) is 9.84 Å². The first-order chi connectivity index (χ1) is 8.84. The van der Waals surface area contributed by atoms with Crippen molar-refractivity contribution in [2.24, 2.45) is 5.92 Å². The minimum Gasteiger partial charge on any atom is -0.313 e. The van der Waals surface area contributed by atoms with Gasteiger partial charge in [0.2, 0.25) is 0 Å². The summed E-state index contributed by atoms with van der Waals surface area (Å²) in [5.41, 5.74) is 1.05. The Labute approximate surface area is 117 Å². The van der Waals surface area contributed by atoms with Crippen molar-refractivity contribution in [2.75, 3.05) is 13.3 Å². The van der Waals surface area contributed by atoms with Crippen molar-refractivity contribution in [3.63, 3.8) is 0 Å². The van der Waals surface area contributed by atoms with Crippen LogP contribution in [0.3, 0.4) is 0 Å². The molecule has 1 unspecified atom stereocenters. The average Bonchev–Trinajstić information content (AvgIpc) is 2.33. The molecular weight excluding hydrogens is 258 g/mol. The molecule has 0 bridgehead atoms. The molecule has 0 spiro atoms. The summed E-state index contributed by atoms with van der Waals surface area (Å²) >= 11 is 0. The molecule has 0 saturated carbocycles. The largest absolute Gasteiger partial charge is 0.313 e. The SMILES string of the molecule is CNC(CCCC(C)C)c1cccc(S(C)(=O)=O)c1. The van der Waals surface area contributed by atoms with E-state index in [0.29, 0.717) is 10.8 Å². The minimum absolute atomic E-state index is 0.223. The van der Waals surface area contributed by atoms with Crippen LogP contribution in [0.4, 0.5) is 0 Å². The molecule has 0 radical (unpaired) electrons. The molecule has 3 nitrogen and oxygen atoms in total. The zero-order valence-electron chi connectivity index (χ0n) is 12.3. The lowest BCUT2D eigenvalue weighted by Crippen LogP contribution is -2.17. The second-order valence-electron chi connectivity index (χ2n) is 5.51. The van der Waals surface area contributed by atoms with Crippen LogP contribution in [0.2, 0.25) is 0 Å². The number of hydrogen-bond donors (Lipinski definition) is 1. The third-order valence-electron chi connectivity index (χ3n) is 3.31. The van der Waals surface area contributed by atoms with E-state index in [2.05, 4.69) is 19.2 Å². The number of benzene rings is 1. The van der Waals surface area contributed by atoms with E-state index < -0.39 is 9.84 Å². The highest BCUT2D eigenvalue weighted by molar-refractivity contribution is 7.90. The fourth-order valence-corrected chi connectivity index (χ4v) is 2.85. The maximum Gasteiger partial charge on any atom is 0.175 e. The summed E-state index contributed by atoms with van der Waals surface area (Å²) in [4.78, 5) is 0.397. The Morgan fingerprint density at radius 2 is 1.89 bits per heavy atom. The molecule has 4 heteroatoms. The summed E-state index contributed by atoms with van der Waals surface area (Å²) in [7, 11) is -1.21. The Morgan fingerprint density at radius 3 is 2.42 bits per heavy atom. The molecule has 0 aliphatic carbocycles. The zero-order valence-corrected chi connectivity index (χ0v) is 13.1. The van der Waals surface area contributed by atoms with Gasteiger partial charge in [-0.3, -0.25) is 0 Å². The lowest BCUT2D eigenvalue weighted by atomic mass is 9.98. The summed E-state index contributed by atoms with van der Waals surface area (Å²) in [5, 5.41) is 3.28. The summed E-state index contributed by atoms with van der Waals surface area (Å²) < 4.78 is 23.2. The van der Waals surface area contributed by atoms with E-state index >= 15 is 0 Å². The van der Waals surface area contributed by atoms with Gasteiger partial charge < -0.3 is 5.32 Å². The van der Waals surface area contributed by atoms with Crippen LogP contribution in [0.1, 0.15) is 44.7 Å². The molecule has 0 aliphatic rings. The van der Waals surface area contributed by atoms with Crippen LogP contribution in [0.25, 0.3) is 0 Å². The van der Waals surface area contributed by atoms with E-state index in [0.717, 1.165) is 18.4 Å². The molecule has 0 saturated heterocycles. The second-order valence-corrected chi connectivity index (χ2v) is 7.53. The van der Waals surface area contributed by atoms with Crippen LogP contribution >= 0.6 is 0 Å². The van der Waals surface area contributed by atoms with Gasteiger partial charge in [-0.15, -0.1) is 0 Å². The van der Waals surface area contributed by atoms with Gasteiger partial charge in [0.1, 0.15) is 0 Å². The van der Waals surface area contributed by atoms with Crippen molar-refractivity contribution >= 4 is 9.84 Å². The van der Waals surface area contributed by atoms with Gasteiger partial charge in [0.25, 0.3) is 0 Å². The van der Waals surface area contributed by atoms with E-state index in [-0.39, 0.29) is 6.04 Å². The van der Waals surface area contributed by atoms with Gasteiger partial charge in [-0.1, -0.05) is 38.8 Å². The molecule has 0 aromatic heterocycles. The Hall–Kier alpha value is -0.870. The normalized spacial score (nSPS) is 13.7. The molecule has 0 heterocycles. The van der Waals surface area contributed by atoms with Gasteiger partial charge in [0, 0.05) is 12.3 Å². The molecule has 1 N–H and O–H groups in total. The van der Waals surface area contributed by atoms with Gasteiger partial charge in [-0.2, -0.15) is 0 Å². The molecule has 1 atom stereocenters. The molecule has 0 aliphatic heterocycles. The predicted octanol–water partition coefficient (Wildman–Crippen LogP) is 3.18. The lowest BCUT2D eigenvalue weighted by Gasteiger charge is -2.18. The highest BCUT2D eigenvalue weighted by atomic mass is 32.2. The topological polar surface area (TPSA) is 46.2 Å². The van der Waals surface area contributed by atoms with Crippen molar-refractivity contribution < 1.29 is 8.42 Å². The predicted molar refractivity (Wildman–Crippen MR) is 80.0 cm³/mol. The maximum atomic E-state index is 11.6. The number of sulfone groups is 1. The highest BCUT2D eigenvalue weighted by Gasteiger charge is 2.13. The first-order valence-electron chi connectivity index (χ1n) is 6.82. The fourth-order valence-electron chi connectivity index (χ4n) is 2.17. The highest BCUT2D eigenvalue weighted by Crippen LogP contribution is 2.23. The summed E-state index contributed by atoms with van der Waals surface area (Å²) in [6.07, 6.45) is 4.62. The maximum absolute atomic E-state index is 11.6. The van der Waals surface area contributed by atoms with Gasteiger partial charge in [-0.05, 0) is 37.1 Å². The lowest BCUT2D eigenvalue weighted by molar-refractivity contribution is 0.470. The smallest absolute Gasteiger partial charge is 0.175 e. The fraction of sp³-hybridized carbons (Fsp3) is 0.600. The Morgan fingerprint density at radius 1 is 1.21 bits per heavy atom. The summed E-state index contributed by atoms with van der Waals surface area (Å²) in [6.45, 7) is 4.44. The molecule has 1 aromatic rings. The van der Waals surface area contributed by atoms with Crippen molar-refractivity contribution in [3.05, 3.63) is 29.8 Å². The molecule has 1 rings (SSSR count). The van der Waals surface area contributed by atoms with E-state index in [1.807, 2.05) is 19.2 Å². The third kappa shape index (κ3) is 5.33. The van der Waals surface area contributed by atoms with Crippen LogP contribution in [-0.4, -0.2) is 21.7 Å². The van der Waals surface area contributed by atoms with E-state index in [9.17, 15) is 8.42 Å².